The van der Waals surface area contributed by atoms with E-state index in [1.165, 1.54) is 0 Å². The molecule has 1 aliphatic carbocycles. The Labute approximate surface area is 61.9 Å². The maximum absolute atomic E-state index is 8.77. The molecule has 2 heteroatoms. The number of hydrogen-bond acceptors (Lipinski definition) is 2. The van der Waals surface area contributed by atoms with E-state index >= 15 is 0 Å². The van der Waals surface area contributed by atoms with Crippen LogP contribution in [0.5, 0.6) is 0 Å². The van der Waals surface area contributed by atoms with E-state index in [9.17, 15) is 0 Å². The van der Waals surface area contributed by atoms with Crippen LogP contribution in [0.1, 0.15) is 19.3 Å². The van der Waals surface area contributed by atoms with Crippen molar-refractivity contribution in [1.82, 2.24) is 0 Å². The first-order valence-corrected chi connectivity index (χ1v) is 3.92. The fourth-order valence-corrected chi connectivity index (χ4v) is 1.40. The molecule has 0 radical (unpaired) electrons. The van der Waals surface area contributed by atoms with Crippen LogP contribution in [0.2, 0.25) is 0 Å². The van der Waals surface area contributed by atoms with Crippen LogP contribution in [0.4, 0.5) is 0 Å². The highest BCUT2D eigenvalue weighted by Gasteiger charge is 2.26. The lowest BCUT2D eigenvalue weighted by molar-refractivity contribution is 0.162. The van der Waals surface area contributed by atoms with E-state index in [0.29, 0.717) is 18.4 Å². The summed E-state index contributed by atoms with van der Waals surface area (Å²) in [7, 11) is 0. The van der Waals surface area contributed by atoms with Gasteiger partial charge in [0.2, 0.25) is 0 Å². The molecule has 2 atom stereocenters. The van der Waals surface area contributed by atoms with E-state index in [1.807, 2.05) is 0 Å². The minimum atomic E-state index is 0.276. The highest BCUT2D eigenvalue weighted by molar-refractivity contribution is 4.84. The predicted octanol–water partition coefficient (Wildman–Crippen LogP) is 0.592. The zero-order valence-electron chi connectivity index (χ0n) is 6.16. The van der Waals surface area contributed by atoms with Gasteiger partial charge in [0, 0.05) is 12.5 Å². The molecule has 0 aromatic rings. The van der Waals surface area contributed by atoms with Crippen molar-refractivity contribution in [3.8, 4) is 0 Å². The first-order valence-electron chi connectivity index (χ1n) is 3.92. The third-order valence-corrected chi connectivity index (χ3v) is 2.24. The first-order chi connectivity index (χ1) is 4.86. The van der Waals surface area contributed by atoms with Crippen molar-refractivity contribution in [2.45, 2.75) is 19.3 Å². The molecule has 0 spiro atoms. The van der Waals surface area contributed by atoms with E-state index < -0.39 is 0 Å². The van der Waals surface area contributed by atoms with Crippen LogP contribution >= 0.6 is 0 Å². The number of aliphatic hydroxyl groups excluding tert-OH is 2. The van der Waals surface area contributed by atoms with Gasteiger partial charge in [0.05, 0.1) is 19.4 Å². The second-order valence-corrected chi connectivity index (χ2v) is 3.04. The van der Waals surface area contributed by atoms with E-state index in [1.54, 1.807) is 0 Å². The Kier molecular flexibility index (Phi) is 3.03. The molecular weight excluding hydrogens is 128 g/mol. The van der Waals surface area contributed by atoms with Crippen molar-refractivity contribution in [1.29, 1.82) is 0 Å². The molecule has 0 aliphatic heterocycles. The highest BCUT2D eigenvalue weighted by Crippen LogP contribution is 2.26. The Morgan fingerprint density at radius 1 is 1.20 bits per heavy atom. The second-order valence-electron chi connectivity index (χ2n) is 3.04. The van der Waals surface area contributed by atoms with Crippen LogP contribution < -0.4 is 0 Å². The summed E-state index contributed by atoms with van der Waals surface area (Å²) in [5.41, 5.74) is 0. The van der Waals surface area contributed by atoms with Crippen LogP contribution in [-0.4, -0.2) is 23.4 Å². The third-order valence-electron chi connectivity index (χ3n) is 2.24. The molecule has 10 heavy (non-hydrogen) atoms. The fraction of sp³-hybridized carbons (Fsp3) is 0.875. The van der Waals surface area contributed by atoms with Crippen molar-refractivity contribution in [2.75, 3.05) is 13.2 Å². The molecule has 1 saturated carbocycles. The predicted molar refractivity (Wildman–Crippen MR) is 39.3 cm³/mol. The van der Waals surface area contributed by atoms with Gasteiger partial charge in [-0.2, -0.15) is 0 Å². The van der Waals surface area contributed by atoms with Gasteiger partial charge in [-0.05, 0) is 12.8 Å². The zero-order chi connectivity index (χ0) is 7.40. The Hall–Kier alpha value is -0.210. The number of aliphatic hydroxyl groups is 2. The molecule has 2 N–H and O–H groups in total. The van der Waals surface area contributed by atoms with Gasteiger partial charge in [0.25, 0.3) is 0 Å². The van der Waals surface area contributed by atoms with Crippen molar-refractivity contribution in [3.05, 3.63) is 6.42 Å². The van der Waals surface area contributed by atoms with Crippen LogP contribution in [0.25, 0.3) is 0 Å². The summed E-state index contributed by atoms with van der Waals surface area (Å²) in [5.74, 6) is 0.852. The zero-order valence-corrected chi connectivity index (χ0v) is 6.16. The van der Waals surface area contributed by atoms with Crippen molar-refractivity contribution < 1.29 is 10.2 Å². The minimum Gasteiger partial charge on any atom is -0.396 e. The van der Waals surface area contributed by atoms with E-state index in [4.69, 9.17) is 10.2 Å². The standard InChI is InChI=1S/C8H15O2/c9-5-7-1-2-8(6-10)4-3-7/h1,7-10H,2-6H2/q+1. The van der Waals surface area contributed by atoms with Crippen LogP contribution in [0.3, 0.4) is 0 Å². The summed E-state index contributed by atoms with van der Waals surface area (Å²) in [5, 5.41) is 17.5. The van der Waals surface area contributed by atoms with Gasteiger partial charge in [0.1, 0.15) is 5.92 Å². The average molecular weight is 143 g/mol. The van der Waals surface area contributed by atoms with E-state index in [-0.39, 0.29) is 6.61 Å². The van der Waals surface area contributed by atoms with Crippen molar-refractivity contribution in [3.63, 3.8) is 0 Å². The van der Waals surface area contributed by atoms with Crippen molar-refractivity contribution >= 4 is 0 Å². The molecule has 0 aromatic carbocycles. The maximum atomic E-state index is 8.77. The molecule has 1 rings (SSSR count). The summed E-state index contributed by atoms with van der Waals surface area (Å²) >= 11 is 0. The average Bonchev–Trinajstić information content (AvgIpc) is 2.05. The quantitative estimate of drug-likeness (QED) is 0.555. The molecule has 1 aliphatic rings. The molecule has 1 fully saturated rings. The van der Waals surface area contributed by atoms with Crippen LogP contribution in [0.15, 0.2) is 0 Å². The molecule has 0 aromatic heterocycles. The van der Waals surface area contributed by atoms with Gasteiger partial charge in [-0.1, -0.05) is 0 Å². The lowest BCUT2D eigenvalue weighted by atomic mass is 9.83. The molecular formula is C8H15O2+. The maximum Gasteiger partial charge on any atom is 0.121 e. The Bertz CT molecular complexity index is 73.3. The van der Waals surface area contributed by atoms with E-state index in [0.717, 1.165) is 19.3 Å². The fourth-order valence-electron chi connectivity index (χ4n) is 1.40. The molecule has 2 unspecified atom stereocenters. The summed E-state index contributed by atoms with van der Waals surface area (Å²) in [6.07, 6.45) is 5.21. The SMILES string of the molecule is OCC1[CH+]CC(CO)CC1. The second kappa shape index (κ2) is 3.84. The van der Waals surface area contributed by atoms with Gasteiger partial charge in [-0.3, -0.25) is 0 Å². The van der Waals surface area contributed by atoms with Crippen LogP contribution in [0, 0.1) is 18.3 Å². The van der Waals surface area contributed by atoms with Gasteiger partial charge >= 0.3 is 0 Å². The van der Waals surface area contributed by atoms with Gasteiger partial charge in [0.15, 0.2) is 0 Å². The smallest absolute Gasteiger partial charge is 0.121 e. The summed E-state index contributed by atoms with van der Waals surface area (Å²) in [4.78, 5) is 0. The highest BCUT2D eigenvalue weighted by atomic mass is 16.3. The largest absolute Gasteiger partial charge is 0.396 e. The Morgan fingerprint density at radius 3 is 2.40 bits per heavy atom. The van der Waals surface area contributed by atoms with Crippen LogP contribution in [-0.2, 0) is 0 Å². The minimum absolute atomic E-state index is 0.276. The summed E-state index contributed by atoms with van der Waals surface area (Å²) < 4.78 is 0. The number of rotatable bonds is 2. The Morgan fingerprint density at radius 2 is 2.00 bits per heavy atom. The number of hydrogen-bond donors (Lipinski definition) is 2. The lowest BCUT2D eigenvalue weighted by Crippen LogP contribution is -2.19. The molecule has 0 amide bonds. The molecule has 0 bridgehead atoms. The topological polar surface area (TPSA) is 40.5 Å². The first kappa shape index (κ1) is 7.89. The molecule has 0 saturated heterocycles. The van der Waals surface area contributed by atoms with Gasteiger partial charge in [-0.15, -0.1) is 0 Å². The lowest BCUT2D eigenvalue weighted by Gasteiger charge is -2.18. The molecule has 58 valence electrons. The Balaban J connectivity index is 2.17. The van der Waals surface area contributed by atoms with Crippen molar-refractivity contribution in [2.24, 2.45) is 11.8 Å². The molecule has 0 heterocycles. The summed E-state index contributed by atoms with van der Waals surface area (Å²) in [6, 6.07) is 0. The summed E-state index contributed by atoms with van der Waals surface area (Å²) in [6.45, 7) is 0.576. The van der Waals surface area contributed by atoms with Gasteiger partial charge in [-0.25, -0.2) is 0 Å². The third kappa shape index (κ3) is 1.89. The van der Waals surface area contributed by atoms with E-state index in [2.05, 4.69) is 6.42 Å². The molecule has 2 nitrogen and oxygen atoms in total. The van der Waals surface area contributed by atoms with Gasteiger partial charge < -0.3 is 10.2 Å². The normalized spacial score (nSPS) is 33.4. The monoisotopic (exact) mass is 143 g/mol.